The lowest BCUT2D eigenvalue weighted by atomic mass is 10.0. The van der Waals surface area contributed by atoms with E-state index in [1.54, 1.807) is 6.92 Å². The predicted molar refractivity (Wildman–Crippen MR) is 79.6 cm³/mol. The first-order chi connectivity index (χ1) is 9.90. The third-order valence-electron chi connectivity index (χ3n) is 3.56. The molecular formula is C14H18N2O4S. The number of nitrogens with zero attached hydrogens (tertiary/aromatic N) is 1. The van der Waals surface area contributed by atoms with Crippen molar-refractivity contribution in [3.05, 3.63) is 45.5 Å². The fourth-order valence-corrected chi connectivity index (χ4v) is 3.35. The smallest absolute Gasteiger partial charge is 0.258 e. The Kier molecular flexibility index (Phi) is 4.74. The summed E-state index contributed by atoms with van der Waals surface area (Å²) in [4.78, 5) is 10.2. The molecule has 1 aliphatic carbocycles. The Morgan fingerprint density at radius 2 is 2.10 bits per heavy atom. The lowest BCUT2D eigenvalue weighted by Gasteiger charge is -2.13. The minimum absolute atomic E-state index is 0.0730. The molecule has 0 atom stereocenters. The van der Waals surface area contributed by atoms with Gasteiger partial charge in [0.05, 0.1) is 9.82 Å². The maximum Gasteiger partial charge on any atom is 0.273 e. The molecule has 2 rings (SSSR count). The summed E-state index contributed by atoms with van der Waals surface area (Å²) >= 11 is 0. The number of rotatable bonds is 5. The second kappa shape index (κ2) is 6.36. The first kappa shape index (κ1) is 15.7. The Bertz CT molecular complexity index is 680. The highest BCUT2D eigenvalue weighted by atomic mass is 32.2. The minimum Gasteiger partial charge on any atom is -0.258 e. The Morgan fingerprint density at radius 3 is 2.71 bits per heavy atom. The van der Waals surface area contributed by atoms with E-state index in [0.29, 0.717) is 5.56 Å². The molecule has 0 amide bonds. The number of benzene rings is 1. The van der Waals surface area contributed by atoms with Crippen LogP contribution in [0.4, 0.5) is 5.69 Å². The summed E-state index contributed by atoms with van der Waals surface area (Å²) in [6.45, 7) is 1.85. The topological polar surface area (TPSA) is 89.3 Å². The average Bonchev–Trinajstić information content (AvgIpc) is 2.46. The molecule has 114 valence electrons. The quantitative estimate of drug-likeness (QED) is 0.514. The molecule has 1 aromatic rings. The van der Waals surface area contributed by atoms with E-state index in [0.717, 1.165) is 37.3 Å². The summed E-state index contributed by atoms with van der Waals surface area (Å²) in [6.07, 6.45) is 6.15. The van der Waals surface area contributed by atoms with Gasteiger partial charge in [-0.05, 0) is 38.7 Å². The highest BCUT2D eigenvalue weighted by Crippen LogP contribution is 2.22. The number of nitrogens with one attached hydrogen (secondary N) is 1. The van der Waals surface area contributed by atoms with Crippen molar-refractivity contribution in [3.63, 3.8) is 0 Å². The van der Waals surface area contributed by atoms with Gasteiger partial charge in [-0.1, -0.05) is 17.7 Å². The monoisotopic (exact) mass is 310 g/mol. The lowest BCUT2D eigenvalue weighted by molar-refractivity contribution is -0.385. The molecule has 1 aromatic carbocycles. The molecule has 0 fully saturated rings. The predicted octanol–water partition coefficient (Wildman–Crippen LogP) is 2.68. The highest BCUT2D eigenvalue weighted by Gasteiger charge is 2.20. The van der Waals surface area contributed by atoms with Gasteiger partial charge in [0.2, 0.25) is 10.0 Å². The van der Waals surface area contributed by atoms with Crippen LogP contribution in [-0.2, 0) is 10.0 Å². The largest absolute Gasteiger partial charge is 0.273 e. The van der Waals surface area contributed by atoms with Crippen LogP contribution in [-0.4, -0.2) is 19.9 Å². The summed E-state index contributed by atoms with van der Waals surface area (Å²) < 4.78 is 26.9. The number of nitro groups is 1. The standard InChI is InChI=1S/C14H18N2O4S/c1-11-7-8-13(9-14(11)16(17)18)21(19,20)15-10-12-5-3-2-4-6-12/h5,7-9,15H,2-4,6,10H2,1H3. The zero-order valence-corrected chi connectivity index (χ0v) is 12.6. The van der Waals surface area contributed by atoms with Crippen molar-refractivity contribution in [1.29, 1.82) is 0 Å². The normalized spacial score (nSPS) is 15.6. The molecule has 21 heavy (non-hydrogen) atoms. The Morgan fingerprint density at radius 1 is 1.33 bits per heavy atom. The van der Waals surface area contributed by atoms with Gasteiger partial charge < -0.3 is 0 Å². The van der Waals surface area contributed by atoms with Gasteiger partial charge in [0, 0.05) is 18.2 Å². The Balaban J connectivity index is 2.17. The third kappa shape index (κ3) is 3.89. The minimum atomic E-state index is -3.73. The Labute approximate surface area is 124 Å². The van der Waals surface area contributed by atoms with Crippen molar-refractivity contribution in [2.75, 3.05) is 6.54 Å². The molecule has 7 heteroatoms. The summed E-state index contributed by atoms with van der Waals surface area (Å²) in [5.74, 6) is 0. The molecule has 0 heterocycles. The number of hydrogen-bond donors (Lipinski definition) is 1. The van der Waals surface area contributed by atoms with Crippen LogP contribution in [0.2, 0.25) is 0 Å². The van der Waals surface area contributed by atoms with Gasteiger partial charge in [-0.3, -0.25) is 10.1 Å². The molecule has 0 saturated heterocycles. The number of hydrogen-bond acceptors (Lipinski definition) is 4. The number of allylic oxidation sites excluding steroid dienone is 1. The van der Waals surface area contributed by atoms with Crippen molar-refractivity contribution in [3.8, 4) is 0 Å². The number of aryl methyl sites for hydroxylation is 1. The van der Waals surface area contributed by atoms with E-state index < -0.39 is 14.9 Å². The zero-order chi connectivity index (χ0) is 15.5. The van der Waals surface area contributed by atoms with Gasteiger partial charge in [0.15, 0.2) is 0 Å². The molecule has 0 radical (unpaired) electrons. The maximum atomic E-state index is 12.2. The van der Waals surface area contributed by atoms with E-state index in [1.165, 1.54) is 12.1 Å². The number of nitro benzene ring substituents is 1. The lowest BCUT2D eigenvalue weighted by Crippen LogP contribution is -2.26. The van der Waals surface area contributed by atoms with E-state index >= 15 is 0 Å². The van der Waals surface area contributed by atoms with E-state index in [9.17, 15) is 18.5 Å². The first-order valence-corrected chi connectivity index (χ1v) is 8.31. The van der Waals surface area contributed by atoms with Crippen LogP contribution in [0.15, 0.2) is 34.7 Å². The van der Waals surface area contributed by atoms with Gasteiger partial charge >= 0.3 is 0 Å². The third-order valence-corrected chi connectivity index (χ3v) is 4.96. The molecular weight excluding hydrogens is 292 g/mol. The van der Waals surface area contributed by atoms with Gasteiger partial charge in [-0.2, -0.15) is 0 Å². The fourth-order valence-electron chi connectivity index (χ4n) is 2.29. The summed E-state index contributed by atoms with van der Waals surface area (Å²) in [6, 6.07) is 3.94. The van der Waals surface area contributed by atoms with Crippen molar-refractivity contribution in [2.45, 2.75) is 37.5 Å². The van der Waals surface area contributed by atoms with E-state index in [2.05, 4.69) is 10.8 Å². The van der Waals surface area contributed by atoms with Gasteiger partial charge in [0.25, 0.3) is 5.69 Å². The van der Waals surface area contributed by atoms with Crippen LogP contribution in [0.5, 0.6) is 0 Å². The number of sulfonamides is 1. The molecule has 0 saturated carbocycles. The SMILES string of the molecule is Cc1ccc(S(=O)(=O)NCC2=CCCCC2)cc1[N+](=O)[O-]. The summed E-state index contributed by atoms with van der Waals surface area (Å²) in [5, 5.41) is 10.9. The van der Waals surface area contributed by atoms with Crippen molar-refractivity contribution in [1.82, 2.24) is 4.72 Å². The molecule has 0 unspecified atom stereocenters. The van der Waals surface area contributed by atoms with Crippen LogP contribution in [0.25, 0.3) is 0 Å². The molecule has 0 bridgehead atoms. The van der Waals surface area contributed by atoms with Crippen LogP contribution in [0, 0.1) is 17.0 Å². The second-order valence-electron chi connectivity index (χ2n) is 5.14. The molecule has 0 aliphatic heterocycles. The fraction of sp³-hybridized carbons (Fsp3) is 0.429. The van der Waals surface area contributed by atoms with Gasteiger partial charge in [-0.15, -0.1) is 0 Å². The average molecular weight is 310 g/mol. The highest BCUT2D eigenvalue weighted by molar-refractivity contribution is 7.89. The molecule has 6 nitrogen and oxygen atoms in total. The molecule has 1 N–H and O–H groups in total. The van der Waals surface area contributed by atoms with Crippen LogP contribution in [0.3, 0.4) is 0 Å². The van der Waals surface area contributed by atoms with Crippen LogP contribution < -0.4 is 4.72 Å². The van der Waals surface area contributed by atoms with Crippen molar-refractivity contribution in [2.24, 2.45) is 0 Å². The molecule has 1 aliphatic rings. The van der Waals surface area contributed by atoms with Crippen molar-refractivity contribution < 1.29 is 13.3 Å². The molecule has 0 aromatic heterocycles. The summed E-state index contributed by atoms with van der Waals surface area (Å²) in [5.41, 5.74) is 1.33. The van der Waals surface area contributed by atoms with Gasteiger partial charge in [0.1, 0.15) is 0 Å². The van der Waals surface area contributed by atoms with Crippen molar-refractivity contribution >= 4 is 15.7 Å². The van der Waals surface area contributed by atoms with Crippen LogP contribution in [0.1, 0.15) is 31.2 Å². The van der Waals surface area contributed by atoms with Gasteiger partial charge in [-0.25, -0.2) is 13.1 Å². The van der Waals surface area contributed by atoms with E-state index in [-0.39, 0.29) is 17.1 Å². The Hall–Kier alpha value is -1.73. The first-order valence-electron chi connectivity index (χ1n) is 6.83. The van der Waals surface area contributed by atoms with Crippen LogP contribution >= 0.6 is 0 Å². The zero-order valence-electron chi connectivity index (χ0n) is 11.8. The second-order valence-corrected chi connectivity index (χ2v) is 6.91. The maximum absolute atomic E-state index is 12.2. The summed E-state index contributed by atoms with van der Waals surface area (Å²) in [7, 11) is -3.73. The van der Waals surface area contributed by atoms with E-state index in [1.807, 2.05) is 0 Å². The van der Waals surface area contributed by atoms with E-state index in [4.69, 9.17) is 0 Å². The molecule has 0 spiro atoms.